The molecule has 3 aromatic rings. The van der Waals surface area contributed by atoms with E-state index in [2.05, 4.69) is 9.72 Å². The summed E-state index contributed by atoms with van der Waals surface area (Å²) in [6.45, 7) is -1.62. The molecule has 150 valence electrons. The number of rotatable bonds is 7. The minimum atomic E-state index is -4.79. The summed E-state index contributed by atoms with van der Waals surface area (Å²) < 4.78 is 72.3. The van der Waals surface area contributed by atoms with Gasteiger partial charge in [-0.05, 0) is 42.8 Å². The zero-order valence-corrected chi connectivity index (χ0v) is 14.4. The Morgan fingerprint density at radius 1 is 1.11 bits per heavy atom. The van der Waals surface area contributed by atoms with Crippen molar-refractivity contribution in [2.24, 2.45) is 5.92 Å². The molecule has 0 spiro atoms. The minimum absolute atomic E-state index is 0.0457. The third-order valence-electron chi connectivity index (χ3n) is 4.07. The maximum Gasteiger partial charge on any atom is 0.573 e. The fourth-order valence-corrected chi connectivity index (χ4v) is 2.72. The van der Waals surface area contributed by atoms with Crippen LogP contribution in [-0.4, -0.2) is 29.3 Å². The average Bonchev–Trinajstić information content (AvgIpc) is 2.95. The molecule has 3 rings (SSSR count). The highest BCUT2D eigenvalue weighted by Crippen LogP contribution is 2.27. The molecular weight excluding hydrogens is 387 g/mol. The maximum atomic E-state index is 13.0. The van der Waals surface area contributed by atoms with E-state index in [1.165, 1.54) is 24.3 Å². The highest BCUT2D eigenvalue weighted by Gasteiger charge is 2.31. The summed E-state index contributed by atoms with van der Waals surface area (Å²) in [6.07, 6.45) is -4.84. The number of ether oxygens (including phenoxy) is 1. The molecule has 28 heavy (non-hydrogen) atoms. The summed E-state index contributed by atoms with van der Waals surface area (Å²) in [5, 5.41) is 0. The molecule has 0 aliphatic heterocycles. The Morgan fingerprint density at radius 2 is 1.82 bits per heavy atom. The van der Waals surface area contributed by atoms with Crippen LogP contribution in [0.3, 0.4) is 0 Å². The van der Waals surface area contributed by atoms with Gasteiger partial charge in [0.2, 0.25) is 0 Å². The quantitative estimate of drug-likeness (QED) is 0.546. The molecule has 0 aliphatic rings. The second-order valence-electron chi connectivity index (χ2n) is 6.07. The average molecular weight is 402 g/mol. The van der Waals surface area contributed by atoms with Gasteiger partial charge in [-0.2, -0.15) is 0 Å². The van der Waals surface area contributed by atoms with Crippen LogP contribution in [0.5, 0.6) is 5.75 Å². The highest BCUT2D eigenvalue weighted by molar-refractivity contribution is 5.73. The Kier molecular flexibility index (Phi) is 5.66. The Morgan fingerprint density at radius 3 is 2.43 bits per heavy atom. The van der Waals surface area contributed by atoms with Gasteiger partial charge in [0.1, 0.15) is 5.75 Å². The lowest BCUT2D eigenvalue weighted by molar-refractivity contribution is -0.274. The molecule has 0 unspecified atom stereocenters. The Bertz CT molecular complexity index is 995. The van der Waals surface area contributed by atoms with E-state index in [1.807, 2.05) is 0 Å². The first-order chi connectivity index (χ1) is 13.3. The molecule has 0 aliphatic carbocycles. The van der Waals surface area contributed by atoms with Crippen LogP contribution in [0.2, 0.25) is 0 Å². The number of alkyl halides is 5. The topological polar surface area (TPSA) is 57.3 Å². The molecule has 2 heterocycles. The number of benzene rings is 1. The summed E-state index contributed by atoms with van der Waals surface area (Å²) >= 11 is 0. The van der Waals surface area contributed by atoms with Gasteiger partial charge in [0, 0.05) is 18.0 Å². The fraction of sp³-hybridized carbons (Fsp3) is 0.333. The van der Waals surface area contributed by atoms with E-state index in [4.69, 9.17) is 4.42 Å². The predicted octanol–water partition coefficient (Wildman–Crippen LogP) is 4.50. The van der Waals surface area contributed by atoms with E-state index in [0.717, 1.165) is 16.7 Å². The number of fused-ring (bicyclic) bond motifs is 1. The zero-order chi connectivity index (χ0) is 20.3. The lowest BCUT2D eigenvalue weighted by atomic mass is 10.1. The van der Waals surface area contributed by atoms with Gasteiger partial charge >= 0.3 is 12.1 Å². The van der Waals surface area contributed by atoms with E-state index < -0.39 is 31.4 Å². The molecule has 0 N–H and O–H groups in total. The second kappa shape index (κ2) is 7.99. The Balaban J connectivity index is 1.93. The lowest BCUT2D eigenvalue weighted by Crippen LogP contribution is -2.22. The maximum absolute atomic E-state index is 13.0. The predicted molar refractivity (Wildman–Crippen MR) is 90.4 cm³/mol. The first-order valence-electron chi connectivity index (χ1n) is 8.29. The molecule has 0 amide bonds. The summed E-state index contributed by atoms with van der Waals surface area (Å²) in [7, 11) is 0. The van der Waals surface area contributed by atoms with E-state index in [-0.39, 0.29) is 29.9 Å². The van der Waals surface area contributed by atoms with Gasteiger partial charge in [0.15, 0.2) is 11.2 Å². The smallest absolute Gasteiger partial charge is 0.406 e. The summed E-state index contributed by atoms with van der Waals surface area (Å²) in [5.74, 6) is -1.83. The molecule has 0 bridgehead atoms. The van der Waals surface area contributed by atoms with Crippen LogP contribution in [0.4, 0.5) is 22.0 Å². The normalized spacial score (nSPS) is 13.0. The first kappa shape index (κ1) is 19.8. The number of pyridine rings is 1. The van der Waals surface area contributed by atoms with Crippen molar-refractivity contribution in [1.29, 1.82) is 0 Å². The van der Waals surface area contributed by atoms with Crippen molar-refractivity contribution in [1.82, 2.24) is 9.55 Å². The fourth-order valence-electron chi connectivity index (χ4n) is 2.72. The second-order valence-corrected chi connectivity index (χ2v) is 6.07. The van der Waals surface area contributed by atoms with Crippen molar-refractivity contribution < 1.29 is 31.1 Å². The standard InChI is InChI=1S/C18H15F5N2O3/c19-8-7-11(9-20)10-25-16-15(27-17(25)26)6-5-14(24-16)12-1-3-13(4-2-12)28-18(21,22)23/h1-6,11H,7-10H2/t11-/m1/s1. The lowest BCUT2D eigenvalue weighted by Gasteiger charge is -2.11. The molecule has 0 saturated carbocycles. The molecular formula is C18H15F5N2O3. The summed E-state index contributed by atoms with van der Waals surface area (Å²) in [6, 6.07) is 8.05. The third-order valence-corrected chi connectivity index (χ3v) is 4.07. The van der Waals surface area contributed by atoms with Crippen LogP contribution in [0.25, 0.3) is 22.5 Å². The molecule has 10 heteroatoms. The van der Waals surface area contributed by atoms with Gasteiger partial charge in [-0.15, -0.1) is 13.2 Å². The van der Waals surface area contributed by atoms with Gasteiger partial charge in [-0.3, -0.25) is 13.3 Å². The first-order valence-corrected chi connectivity index (χ1v) is 8.29. The minimum Gasteiger partial charge on any atom is -0.406 e. The Hall–Kier alpha value is -2.91. The number of hydrogen-bond donors (Lipinski definition) is 0. The highest BCUT2D eigenvalue weighted by atomic mass is 19.4. The van der Waals surface area contributed by atoms with Crippen molar-refractivity contribution in [2.75, 3.05) is 13.3 Å². The third kappa shape index (κ3) is 4.49. The van der Waals surface area contributed by atoms with Gasteiger partial charge in [-0.25, -0.2) is 9.78 Å². The van der Waals surface area contributed by atoms with E-state index in [0.29, 0.717) is 11.3 Å². The number of oxazole rings is 1. The van der Waals surface area contributed by atoms with Crippen LogP contribution in [-0.2, 0) is 6.54 Å². The van der Waals surface area contributed by atoms with Gasteiger partial charge in [0.05, 0.1) is 19.0 Å². The van der Waals surface area contributed by atoms with Crippen molar-refractivity contribution in [2.45, 2.75) is 19.3 Å². The monoisotopic (exact) mass is 402 g/mol. The molecule has 5 nitrogen and oxygen atoms in total. The molecule has 0 radical (unpaired) electrons. The van der Waals surface area contributed by atoms with Crippen molar-refractivity contribution >= 4 is 11.2 Å². The van der Waals surface area contributed by atoms with Crippen LogP contribution in [0.15, 0.2) is 45.6 Å². The number of halogens is 5. The van der Waals surface area contributed by atoms with Gasteiger partial charge in [-0.1, -0.05) is 0 Å². The van der Waals surface area contributed by atoms with Crippen LogP contribution in [0, 0.1) is 5.92 Å². The Labute approximate surface area is 155 Å². The van der Waals surface area contributed by atoms with E-state index in [1.54, 1.807) is 0 Å². The molecule has 0 fully saturated rings. The zero-order valence-electron chi connectivity index (χ0n) is 14.4. The van der Waals surface area contributed by atoms with Crippen molar-refractivity contribution in [3.63, 3.8) is 0 Å². The van der Waals surface area contributed by atoms with Crippen LogP contribution in [0.1, 0.15) is 6.42 Å². The SMILES string of the molecule is O=c1oc2ccc(-c3ccc(OC(F)(F)F)cc3)nc2n1C[C@@H](CF)CCF. The number of nitrogens with zero attached hydrogens (tertiary/aromatic N) is 2. The molecule has 1 aromatic carbocycles. The van der Waals surface area contributed by atoms with Crippen molar-refractivity contribution in [3.05, 3.63) is 46.9 Å². The van der Waals surface area contributed by atoms with Crippen molar-refractivity contribution in [3.8, 4) is 17.0 Å². The van der Waals surface area contributed by atoms with Gasteiger partial charge < -0.3 is 9.15 Å². The molecule has 2 aromatic heterocycles. The van der Waals surface area contributed by atoms with Crippen LogP contribution < -0.4 is 10.5 Å². The number of aromatic nitrogens is 2. The summed E-state index contributed by atoms with van der Waals surface area (Å²) in [4.78, 5) is 16.3. The van der Waals surface area contributed by atoms with E-state index >= 15 is 0 Å². The number of hydrogen-bond acceptors (Lipinski definition) is 4. The van der Waals surface area contributed by atoms with Crippen LogP contribution >= 0.6 is 0 Å². The largest absolute Gasteiger partial charge is 0.573 e. The molecule has 1 atom stereocenters. The summed E-state index contributed by atoms with van der Waals surface area (Å²) in [5.41, 5.74) is 1.16. The molecule has 0 saturated heterocycles. The van der Waals surface area contributed by atoms with Gasteiger partial charge in [0.25, 0.3) is 0 Å². The van der Waals surface area contributed by atoms with E-state index in [9.17, 15) is 26.7 Å².